The number of benzene rings is 1. The highest BCUT2D eigenvalue weighted by atomic mass is 79.9. The van der Waals surface area contributed by atoms with Crippen molar-refractivity contribution in [1.82, 2.24) is 14.5 Å². The van der Waals surface area contributed by atoms with E-state index in [0.29, 0.717) is 11.3 Å². The highest BCUT2D eigenvalue weighted by molar-refractivity contribution is 9.10. The predicted molar refractivity (Wildman–Crippen MR) is 95.0 cm³/mol. The van der Waals surface area contributed by atoms with Crippen LogP contribution in [0.5, 0.6) is 0 Å². The van der Waals surface area contributed by atoms with Gasteiger partial charge < -0.3 is 9.47 Å². The molecule has 0 bridgehead atoms. The van der Waals surface area contributed by atoms with Crippen molar-refractivity contribution in [3.05, 3.63) is 56.9 Å². The summed E-state index contributed by atoms with van der Waals surface area (Å²) in [6.07, 6.45) is 1.86. The molecule has 23 heavy (non-hydrogen) atoms. The first-order valence-corrected chi connectivity index (χ1v) is 8.32. The van der Waals surface area contributed by atoms with Crippen molar-refractivity contribution in [3.8, 4) is 0 Å². The average Bonchev–Trinajstić information content (AvgIpc) is 2.87. The summed E-state index contributed by atoms with van der Waals surface area (Å²) < 4.78 is 2.96. The normalized spacial score (nSPS) is 16.6. The van der Waals surface area contributed by atoms with Gasteiger partial charge in [0.2, 0.25) is 5.95 Å². The number of halogens is 1. The van der Waals surface area contributed by atoms with Gasteiger partial charge in [-0.1, -0.05) is 35.0 Å². The molecule has 3 aromatic rings. The fourth-order valence-electron chi connectivity index (χ4n) is 3.27. The van der Waals surface area contributed by atoms with Gasteiger partial charge in [-0.05, 0) is 23.8 Å². The average molecular weight is 373 g/mol. The zero-order valence-corrected chi connectivity index (χ0v) is 14.6. The van der Waals surface area contributed by atoms with Crippen LogP contribution in [0.4, 0.5) is 5.95 Å². The quantitative estimate of drug-likeness (QED) is 0.752. The van der Waals surface area contributed by atoms with Gasteiger partial charge in [0.15, 0.2) is 0 Å². The van der Waals surface area contributed by atoms with Crippen LogP contribution in [0.1, 0.15) is 12.5 Å². The number of nitrogens with one attached hydrogen (secondary N) is 1. The molecule has 0 saturated carbocycles. The van der Waals surface area contributed by atoms with Crippen LogP contribution in [0.15, 0.2) is 45.8 Å². The number of hydrogen-bond donors (Lipinski definition) is 1. The smallest absolute Gasteiger partial charge is 0.261 e. The highest BCUT2D eigenvalue weighted by Gasteiger charge is 2.41. The van der Waals surface area contributed by atoms with Gasteiger partial charge in [-0.2, -0.15) is 4.98 Å². The van der Waals surface area contributed by atoms with Crippen molar-refractivity contribution in [3.63, 3.8) is 0 Å². The maximum atomic E-state index is 12.2. The SMILES string of the molecule is Cn1ccc2c(=O)[nH]c(N3CC(C)(c4ccc(Br)cc4)C3)nc21. The lowest BCUT2D eigenvalue weighted by molar-refractivity contribution is 0.358. The van der Waals surface area contributed by atoms with Gasteiger partial charge in [-0.25, -0.2) is 0 Å². The Morgan fingerprint density at radius 1 is 1.22 bits per heavy atom. The summed E-state index contributed by atoms with van der Waals surface area (Å²) in [6, 6.07) is 10.2. The van der Waals surface area contributed by atoms with Gasteiger partial charge in [0.25, 0.3) is 5.56 Å². The minimum atomic E-state index is -0.0807. The molecular formula is C17H17BrN4O. The summed E-state index contributed by atoms with van der Waals surface area (Å²) >= 11 is 3.47. The Hall–Kier alpha value is -2.08. The van der Waals surface area contributed by atoms with E-state index in [0.717, 1.165) is 23.2 Å². The molecule has 1 aliphatic rings. The van der Waals surface area contributed by atoms with E-state index in [1.165, 1.54) is 5.56 Å². The van der Waals surface area contributed by atoms with Crippen molar-refractivity contribution < 1.29 is 0 Å². The fraction of sp³-hybridized carbons (Fsp3) is 0.294. The largest absolute Gasteiger partial charge is 0.340 e. The minimum absolute atomic E-state index is 0.0807. The van der Waals surface area contributed by atoms with E-state index in [2.05, 4.69) is 62.0 Å². The topological polar surface area (TPSA) is 53.9 Å². The predicted octanol–water partition coefficient (Wildman–Crippen LogP) is 2.80. The Balaban J connectivity index is 1.63. The molecule has 1 N–H and O–H groups in total. The van der Waals surface area contributed by atoms with Gasteiger partial charge in [-0.15, -0.1) is 0 Å². The van der Waals surface area contributed by atoms with Crippen LogP contribution in [0.25, 0.3) is 11.0 Å². The van der Waals surface area contributed by atoms with E-state index in [1.54, 1.807) is 6.07 Å². The third kappa shape index (κ3) is 2.28. The molecule has 0 atom stereocenters. The molecule has 0 aliphatic carbocycles. The number of hydrogen-bond acceptors (Lipinski definition) is 3. The van der Waals surface area contributed by atoms with Crippen molar-refractivity contribution in [2.24, 2.45) is 7.05 Å². The Labute approximate surface area is 142 Å². The van der Waals surface area contributed by atoms with E-state index in [4.69, 9.17) is 0 Å². The molecule has 1 saturated heterocycles. The highest BCUT2D eigenvalue weighted by Crippen LogP contribution is 2.36. The number of H-pyrrole nitrogens is 1. The second-order valence-electron chi connectivity index (χ2n) is 6.48. The van der Waals surface area contributed by atoms with E-state index < -0.39 is 0 Å². The number of rotatable bonds is 2. The first-order valence-electron chi connectivity index (χ1n) is 7.53. The molecule has 2 aromatic heterocycles. The third-order valence-corrected chi connectivity index (χ3v) is 5.17. The summed E-state index contributed by atoms with van der Waals surface area (Å²) in [6.45, 7) is 3.92. The van der Waals surface area contributed by atoms with Crippen LogP contribution >= 0.6 is 15.9 Å². The molecule has 0 amide bonds. The molecule has 5 nitrogen and oxygen atoms in total. The summed E-state index contributed by atoms with van der Waals surface area (Å²) in [5, 5.41) is 0.632. The molecule has 0 unspecified atom stereocenters. The number of anilines is 1. The van der Waals surface area contributed by atoms with Crippen molar-refractivity contribution in [2.75, 3.05) is 18.0 Å². The minimum Gasteiger partial charge on any atom is -0.340 e. The Morgan fingerprint density at radius 2 is 1.91 bits per heavy atom. The van der Waals surface area contributed by atoms with Crippen LogP contribution in [0.3, 0.4) is 0 Å². The molecule has 0 spiro atoms. The number of aryl methyl sites for hydroxylation is 1. The maximum absolute atomic E-state index is 12.2. The summed E-state index contributed by atoms with van der Waals surface area (Å²) in [7, 11) is 1.90. The van der Waals surface area contributed by atoms with E-state index >= 15 is 0 Å². The zero-order chi connectivity index (χ0) is 16.2. The van der Waals surface area contributed by atoms with Crippen molar-refractivity contribution in [1.29, 1.82) is 0 Å². The summed E-state index contributed by atoms with van der Waals surface area (Å²) in [5.41, 5.74) is 2.03. The van der Waals surface area contributed by atoms with Gasteiger partial charge in [0, 0.05) is 36.2 Å². The lowest BCUT2D eigenvalue weighted by Crippen LogP contribution is -2.58. The lowest BCUT2D eigenvalue weighted by atomic mass is 9.76. The van der Waals surface area contributed by atoms with Crippen LogP contribution < -0.4 is 10.5 Å². The van der Waals surface area contributed by atoms with Crippen molar-refractivity contribution in [2.45, 2.75) is 12.3 Å². The summed E-state index contributed by atoms with van der Waals surface area (Å²) in [4.78, 5) is 21.8. The van der Waals surface area contributed by atoms with Crippen LogP contribution in [0, 0.1) is 0 Å². The van der Waals surface area contributed by atoms with Gasteiger partial charge in [0.05, 0.1) is 5.39 Å². The van der Waals surface area contributed by atoms with E-state index in [1.807, 2.05) is 17.8 Å². The summed E-state index contributed by atoms with van der Waals surface area (Å²) in [5.74, 6) is 0.652. The number of aromatic amines is 1. The number of fused-ring (bicyclic) bond motifs is 1. The Kier molecular flexibility index (Phi) is 3.13. The molecule has 1 aromatic carbocycles. The second kappa shape index (κ2) is 4.96. The van der Waals surface area contributed by atoms with Gasteiger partial charge in [0.1, 0.15) is 5.65 Å². The van der Waals surface area contributed by atoms with Gasteiger partial charge >= 0.3 is 0 Å². The number of nitrogens with zero attached hydrogens (tertiary/aromatic N) is 3. The lowest BCUT2D eigenvalue weighted by Gasteiger charge is -2.48. The molecule has 0 radical (unpaired) electrons. The second-order valence-corrected chi connectivity index (χ2v) is 7.39. The van der Waals surface area contributed by atoms with E-state index in [-0.39, 0.29) is 11.0 Å². The molecule has 4 rings (SSSR count). The monoisotopic (exact) mass is 372 g/mol. The fourth-order valence-corrected chi connectivity index (χ4v) is 3.53. The maximum Gasteiger partial charge on any atom is 0.261 e. The standard InChI is InChI=1S/C17H17BrN4O/c1-17(11-3-5-12(18)6-4-11)9-22(10-17)16-19-14-13(15(23)20-16)7-8-21(14)2/h3-8H,9-10H2,1-2H3,(H,19,20,23). The van der Waals surface area contributed by atoms with Crippen LogP contribution in [-0.2, 0) is 12.5 Å². The Morgan fingerprint density at radius 3 is 2.61 bits per heavy atom. The number of aromatic nitrogens is 3. The zero-order valence-electron chi connectivity index (χ0n) is 13.0. The third-order valence-electron chi connectivity index (χ3n) is 4.64. The molecule has 6 heteroatoms. The molecule has 1 aliphatic heterocycles. The van der Waals surface area contributed by atoms with Crippen molar-refractivity contribution >= 4 is 32.9 Å². The van der Waals surface area contributed by atoms with Crippen LogP contribution in [0.2, 0.25) is 0 Å². The molecular weight excluding hydrogens is 356 g/mol. The van der Waals surface area contributed by atoms with E-state index in [9.17, 15) is 4.79 Å². The van der Waals surface area contributed by atoms with Crippen LogP contribution in [-0.4, -0.2) is 27.6 Å². The molecule has 3 heterocycles. The molecule has 1 fully saturated rings. The molecule has 118 valence electrons. The van der Waals surface area contributed by atoms with Gasteiger partial charge in [-0.3, -0.25) is 9.78 Å². The Bertz CT molecular complexity index is 935. The first kappa shape index (κ1) is 14.5. The first-order chi connectivity index (χ1) is 11.0.